The molecule has 2 amide bonds. The lowest BCUT2D eigenvalue weighted by molar-refractivity contribution is -0.142. The van der Waals surface area contributed by atoms with Crippen molar-refractivity contribution in [1.29, 1.82) is 0 Å². The third kappa shape index (κ3) is 4.35. The number of fused-ring (bicyclic) bond motifs is 1. The molecule has 3 aliphatic rings. The van der Waals surface area contributed by atoms with Crippen LogP contribution in [0, 0.1) is 0 Å². The van der Waals surface area contributed by atoms with Gasteiger partial charge < -0.3 is 19.3 Å². The number of para-hydroxylation sites is 2. The lowest BCUT2D eigenvalue weighted by atomic mass is 10.1. The molecule has 10 heteroatoms. The van der Waals surface area contributed by atoms with E-state index in [-0.39, 0.29) is 23.3 Å². The van der Waals surface area contributed by atoms with Gasteiger partial charge in [-0.2, -0.15) is 4.31 Å². The van der Waals surface area contributed by atoms with Gasteiger partial charge >= 0.3 is 0 Å². The van der Waals surface area contributed by atoms with Crippen molar-refractivity contribution in [1.82, 2.24) is 14.1 Å². The fourth-order valence-electron chi connectivity index (χ4n) is 4.50. The normalized spacial score (nSPS) is 20.9. The van der Waals surface area contributed by atoms with E-state index in [1.54, 1.807) is 34.1 Å². The maximum Gasteiger partial charge on any atom is 0.267 e. The van der Waals surface area contributed by atoms with Crippen LogP contribution in [0.25, 0.3) is 0 Å². The van der Waals surface area contributed by atoms with Gasteiger partial charge in [-0.05, 0) is 49.2 Å². The van der Waals surface area contributed by atoms with E-state index in [1.165, 1.54) is 16.4 Å². The minimum Gasteiger partial charge on any atom is -0.485 e. The number of ether oxygens (including phenoxy) is 2. The number of hydrogen-bond donors (Lipinski definition) is 0. The third-order valence-electron chi connectivity index (χ3n) is 6.47. The van der Waals surface area contributed by atoms with E-state index in [9.17, 15) is 18.0 Å². The number of benzene rings is 2. The molecule has 0 bridgehead atoms. The zero-order valence-corrected chi connectivity index (χ0v) is 19.6. The monoisotopic (exact) mass is 485 g/mol. The average molecular weight is 486 g/mol. The van der Waals surface area contributed by atoms with Crippen molar-refractivity contribution < 1.29 is 27.5 Å². The number of carbonyl (C=O) groups excluding carboxylic acids is 2. The first-order chi connectivity index (χ1) is 16.4. The second-order valence-corrected chi connectivity index (χ2v) is 10.6. The SMILES string of the molecule is O=C(c1ccc(S(=O)(=O)N2CCCC2)cc1)N1CCN(C(=O)[C@H]2COc3ccccc3O2)CC1. The van der Waals surface area contributed by atoms with Gasteiger partial charge in [0.2, 0.25) is 16.1 Å². The van der Waals surface area contributed by atoms with Crippen LogP contribution in [0.5, 0.6) is 11.5 Å². The van der Waals surface area contributed by atoms with Crippen molar-refractivity contribution in [3.63, 3.8) is 0 Å². The molecule has 0 aliphatic carbocycles. The van der Waals surface area contributed by atoms with Crippen LogP contribution in [0.1, 0.15) is 23.2 Å². The topological polar surface area (TPSA) is 96.5 Å². The van der Waals surface area contributed by atoms with Gasteiger partial charge in [0.25, 0.3) is 11.8 Å². The summed E-state index contributed by atoms with van der Waals surface area (Å²) < 4.78 is 38.3. The number of hydrogen-bond acceptors (Lipinski definition) is 6. The molecule has 2 fully saturated rings. The molecular weight excluding hydrogens is 458 g/mol. The Kier molecular flexibility index (Phi) is 6.18. The zero-order chi connectivity index (χ0) is 23.7. The van der Waals surface area contributed by atoms with Gasteiger partial charge in [0.1, 0.15) is 6.61 Å². The Hall–Kier alpha value is -3.11. The van der Waals surface area contributed by atoms with Crippen LogP contribution in [-0.4, -0.2) is 86.3 Å². The van der Waals surface area contributed by atoms with Crippen LogP contribution in [-0.2, 0) is 14.8 Å². The fourth-order valence-corrected chi connectivity index (χ4v) is 6.02. The summed E-state index contributed by atoms with van der Waals surface area (Å²) in [7, 11) is -3.51. The molecule has 5 rings (SSSR count). The van der Waals surface area contributed by atoms with E-state index >= 15 is 0 Å². The zero-order valence-electron chi connectivity index (χ0n) is 18.8. The van der Waals surface area contributed by atoms with Gasteiger partial charge in [0.15, 0.2) is 11.5 Å². The lowest BCUT2D eigenvalue weighted by Crippen LogP contribution is -2.55. The molecule has 0 radical (unpaired) electrons. The summed E-state index contributed by atoms with van der Waals surface area (Å²) in [6.45, 7) is 2.81. The highest BCUT2D eigenvalue weighted by Crippen LogP contribution is 2.31. The highest BCUT2D eigenvalue weighted by molar-refractivity contribution is 7.89. The Bertz CT molecular complexity index is 1170. The van der Waals surface area contributed by atoms with Crippen molar-refractivity contribution >= 4 is 21.8 Å². The van der Waals surface area contributed by atoms with Gasteiger partial charge in [0, 0.05) is 44.8 Å². The third-order valence-corrected chi connectivity index (χ3v) is 8.38. The minimum absolute atomic E-state index is 0.154. The summed E-state index contributed by atoms with van der Waals surface area (Å²) in [6.07, 6.45) is 1.04. The van der Waals surface area contributed by atoms with Gasteiger partial charge in [-0.25, -0.2) is 8.42 Å². The minimum atomic E-state index is -3.51. The number of rotatable bonds is 4. The van der Waals surface area contributed by atoms with E-state index in [4.69, 9.17) is 9.47 Å². The van der Waals surface area contributed by atoms with E-state index in [0.29, 0.717) is 56.3 Å². The van der Waals surface area contributed by atoms with Crippen LogP contribution >= 0.6 is 0 Å². The Morgan fingerprint density at radius 1 is 0.794 bits per heavy atom. The molecular formula is C24H27N3O6S. The molecule has 34 heavy (non-hydrogen) atoms. The summed E-state index contributed by atoms with van der Waals surface area (Å²) in [6, 6.07) is 13.4. The molecule has 0 unspecified atom stereocenters. The molecule has 3 heterocycles. The number of amides is 2. The smallest absolute Gasteiger partial charge is 0.267 e. The maximum absolute atomic E-state index is 13.0. The van der Waals surface area contributed by atoms with E-state index in [2.05, 4.69) is 0 Å². The molecule has 0 saturated carbocycles. The second-order valence-electron chi connectivity index (χ2n) is 8.62. The number of nitrogens with zero attached hydrogens (tertiary/aromatic N) is 3. The van der Waals surface area contributed by atoms with Crippen LogP contribution in [0.2, 0.25) is 0 Å². The quantitative estimate of drug-likeness (QED) is 0.653. The molecule has 0 N–H and O–H groups in total. The van der Waals surface area contributed by atoms with Crippen LogP contribution < -0.4 is 9.47 Å². The summed E-state index contributed by atoms with van der Waals surface area (Å²) in [5.74, 6) is 0.846. The van der Waals surface area contributed by atoms with Gasteiger partial charge in [-0.1, -0.05) is 12.1 Å². The van der Waals surface area contributed by atoms with Gasteiger partial charge in [-0.3, -0.25) is 9.59 Å². The molecule has 0 aromatic heterocycles. The summed E-state index contributed by atoms with van der Waals surface area (Å²) >= 11 is 0. The van der Waals surface area contributed by atoms with E-state index in [1.807, 2.05) is 12.1 Å². The van der Waals surface area contributed by atoms with Crippen LogP contribution in [0.3, 0.4) is 0 Å². The van der Waals surface area contributed by atoms with Crippen LogP contribution in [0.15, 0.2) is 53.4 Å². The summed E-state index contributed by atoms with van der Waals surface area (Å²) in [5, 5.41) is 0. The largest absolute Gasteiger partial charge is 0.485 e. The summed E-state index contributed by atoms with van der Waals surface area (Å²) in [5.41, 5.74) is 0.431. The molecule has 3 aliphatic heterocycles. The van der Waals surface area contributed by atoms with E-state index in [0.717, 1.165) is 12.8 Å². The number of piperazine rings is 1. The predicted octanol–water partition coefficient (Wildman–Crippen LogP) is 1.60. The number of carbonyl (C=O) groups is 2. The van der Waals surface area contributed by atoms with E-state index < -0.39 is 16.1 Å². The molecule has 180 valence electrons. The molecule has 0 spiro atoms. The Morgan fingerprint density at radius 2 is 1.41 bits per heavy atom. The standard InChI is InChI=1S/C24H27N3O6S/c28-23(18-7-9-19(10-8-18)34(30,31)27-11-3-4-12-27)25-13-15-26(16-14-25)24(29)22-17-32-20-5-1-2-6-21(20)33-22/h1-2,5-10,22H,3-4,11-17H2/t22-/m1/s1. The van der Waals surface area contributed by atoms with Crippen molar-refractivity contribution in [2.75, 3.05) is 45.9 Å². The first-order valence-corrected chi connectivity index (χ1v) is 12.9. The molecule has 2 aromatic rings. The second kappa shape index (κ2) is 9.27. The Morgan fingerprint density at radius 3 is 2.09 bits per heavy atom. The van der Waals surface area contributed by atoms with Crippen molar-refractivity contribution in [2.45, 2.75) is 23.8 Å². The number of sulfonamides is 1. The van der Waals surface area contributed by atoms with Crippen LogP contribution in [0.4, 0.5) is 0 Å². The Balaban J connectivity index is 1.17. The highest BCUT2D eigenvalue weighted by atomic mass is 32.2. The lowest BCUT2D eigenvalue weighted by Gasteiger charge is -2.37. The average Bonchev–Trinajstić information content (AvgIpc) is 3.44. The molecule has 2 aromatic carbocycles. The van der Waals surface area contributed by atoms with Crippen molar-refractivity contribution in [3.05, 3.63) is 54.1 Å². The first-order valence-electron chi connectivity index (χ1n) is 11.5. The fraction of sp³-hybridized carbons (Fsp3) is 0.417. The molecule has 2 saturated heterocycles. The van der Waals surface area contributed by atoms with Gasteiger partial charge in [-0.15, -0.1) is 0 Å². The summed E-state index contributed by atoms with van der Waals surface area (Å²) in [4.78, 5) is 29.4. The Labute approximate surface area is 198 Å². The molecule has 9 nitrogen and oxygen atoms in total. The predicted molar refractivity (Wildman–Crippen MR) is 123 cm³/mol. The van der Waals surface area contributed by atoms with Crippen molar-refractivity contribution in [2.24, 2.45) is 0 Å². The molecule has 1 atom stereocenters. The first kappa shape index (κ1) is 22.7. The highest BCUT2D eigenvalue weighted by Gasteiger charge is 2.34. The van der Waals surface area contributed by atoms with Gasteiger partial charge in [0.05, 0.1) is 4.90 Å². The maximum atomic E-state index is 13.0. The van der Waals surface area contributed by atoms with Crippen molar-refractivity contribution in [3.8, 4) is 11.5 Å².